The highest BCUT2D eigenvalue weighted by atomic mass is 32.2. The molecule has 0 atom stereocenters. The van der Waals surface area contributed by atoms with Gasteiger partial charge >= 0.3 is 0 Å². The molecule has 0 unspecified atom stereocenters. The van der Waals surface area contributed by atoms with Crippen LogP contribution in [0.5, 0.6) is 0 Å². The third kappa shape index (κ3) is 3.43. The van der Waals surface area contributed by atoms with Gasteiger partial charge in [0.2, 0.25) is 9.84 Å². The normalized spacial score (nSPS) is 11.3. The second-order valence-electron chi connectivity index (χ2n) is 5.16. The van der Waals surface area contributed by atoms with Gasteiger partial charge in [0.1, 0.15) is 5.69 Å². The van der Waals surface area contributed by atoms with Crippen LogP contribution in [0.15, 0.2) is 65.8 Å². The number of sulfone groups is 1. The highest BCUT2D eigenvalue weighted by Crippen LogP contribution is 2.18. The number of rotatable bonds is 4. The molecule has 1 aromatic carbocycles. The molecule has 0 aliphatic rings. The quantitative estimate of drug-likeness (QED) is 0.737. The fraction of sp³-hybridized carbons (Fsp3) is 0.118. The van der Waals surface area contributed by atoms with Crippen molar-refractivity contribution < 1.29 is 8.42 Å². The molecule has 0 spiro atoms. The van der Waals surface area contributed by atoms with E-state index in [0.717, 1.165) is 11.1 Å². The molecular formula is C17H15N3O2S. The summed E-state index contributed by atoms with van der Waals surface area (Å²) in [6, 6.07) is 15.9. The number of nitrogens with zero attached hydrogens (tertiary/aromatic N) is 3. The third-order valence-corrected chi connectivity index (χ3v) is 5.04. The SMILES string of the molecule is Cc1ccccc1CS(=O)(=O)c1ccc(-c2ccccn2)nn1. The molecule has 0 amide bonds. The van der Waals surface area contributed by atoms with Crippen molar-refractivity contribution in [2.75, 3.05) is 0 Å². The van der Waals surface area contributed by atoms with Crippen LogP contribution in [0.4, 0.5) is 0 Å². The molecular weight excluding hydrogens is 310 g/mol. The summed E-state index contributed by atoms with van der Waals surface area (Å²) in [6.07, 6.45) is 1.65. The van der Waals surface area contributed by atoms with Gasteiger partial charge in [-0.3, -0.25) is 4.98 Å². The van der Waals surface area contributed by atoms with Crippen molar-refractivity contribution in [3.63, 3.8) is 0 Å². The number of aromatic nitrogens is 3. The predicted molar refractivity (Wildman–Crippen MR) is 87.3 cm³/mol. The molecule has 116 valence electrons. The molecule has 3 rings (SSSR count). The maximum absolute atomic E-state index is 12.5. The van der Waals surface area contributed by atoms with E-state index in [1.807, 2.05) is 37.3 Å². The summed E-state index contributed by atoms with van der Waals surface area (Å²) in [7, 11) is -3.53. The first kappa shape index (κ1) is 15.3. The molecule has 0 fully saturated rings. The Morgan fingerprint density at radius 2 is 1.65 bits per heavy atom. The van der Waals surface area contributed by atoms with Crippen LogP contribution in [-0.2, 0) is 15.6 Å². The van der Waals surface area contributed by atoms with E-state index < -0.39 is 9.84 Å². The molecule has 0 N–H and O–H groups in total. The van der Waals surface area contributed by atoms with Gasteiger partial charge in [0.25, 0.3) is 0 Å². The minimum atomic E-state index is -3.53. The number of hydrogen-bond donors (Lipinski definition) is 0. The highest BCUT2D eigenvalue weighted by Gasteiger charge is 2.19. The molecule has 0 saturated carbocycles. The molecule has 3 aromatic rings. The average molecular weight is 325 g/mol. The van der Waals surface area contributed by atoms with Crippen LogP contribution in [0, 0.1) is 6.92 Å². The van der Waals surface area contributed by atoms with E-state index in [-0.39, 0.29) is 10.8 Å². The Morgan fingerprint density at radius 3 is 2.30 bits per heavy atom. The maximum atomic E-state index is 12.5. The van der Waals surface area contributed by atoms with E-state index in [0.29, 0.717) is 11.4 Å². The van der Waals surface area contributed by atoms with Crippen molar-refractivity contribution in [3.05, 3.63) is 71.9 Å². The summed E-state index contributed by atoms with van der Waals surface area (Å²) in [4.78, 5) is 4.17. The van der Waals surface area contributed by atoms with Gasteiger partial charge in [0, 0.05) is 6.20 Å². The summed E-state index contributed by atoms with van der Waals surface area (Å²) in [5.41, 5.74) is 2.90. The molecule has 2 aromatic heterocycles. The van der Waals surface area contributed by atoms with E-state index in [1.54, 1.807) is 24.4 Å². The minimum absolute atomic E-state index is 0.0274. The number of benzene rings is 1. The molecule has 23 heavy (non-hydrogen) atoms. The fourth-order valence-electron chi connectivity index (χ4n) is 2.19. The van der Waals surface area contributed by atoms with E-state index in [9.17, 15) is 8.42 Å². The monoisotopic (exact) mass is 325 g/mol. The van der Waals surface area contributed by atoms with Crippen molar-refractivity contribution >= 4 is 9.84 Å². The predicted octanol–water partition coefficient (Wildman–Crippen LogP) is 2.82. The number of aryl methyl sites for hydroxylation is 1. The number of pyridine rings is 1. The van der Waals surface area contributed by atoms with Crippen molar-refractivity contribution in [2.24, 2.45) is 0 Å². The largest absolute Gasteiger partial charge is 0.255 e. The van der Waals surface area contributed by atoms with Crippen LogP contribution in [0.3, 0.4) is 0 Å². The first-order valence-corrected chi connectivity index (χ1v) is 8.74. The first-order chi connectivity index (χ1) is 11.1. The zero-order chi connectivity index (χ0) is 16.3. The van der Waals surface area contributed by atoms with Gasteiger partial charge in [0.15, 0.2) is 5.03 Å². The van der Waals surface area contributed by atoms with Gasteiger partial charge in [-0.05, 0) is 42.3 Å². The van der Waals surface area contributed by atoms with Crippen LogP contribution in [0.1, 0.15) is 11.1 Å². The van der Waals surface area contributed by atoms with Crippen molar-refractivity contribution in [1.82, 2.24) is 15.2 Å². The Hall–Kier alpha value is -2.60. The lowest BCUT2D eigenvalue weighted by Gasteiger charge is -2.06. The Balaban J connectivity index is 1.88. The lowest BCUT2D eigenvalue weighted by atomic mass is 10.1. The molecule has 2 heterocycles. The van der Waals surface area contributed by atoms with Gasteiger partial charge < -0.3 is 0 Å². The van der Waals surface area contributed by atoms with Crippen LogP contribution in [0.25, 0.3) is 11.4 Å². The highest BCUT2D eigenvalue weighted by molar-refractivity contribution is 7.90. The lowest BCUT2D eigenvalue weighted by Crippen LogP contribution is -2.09. The van der Waals surface area contributed by atoms with Gasteiger partial charge in [-0.15, -0.1) is 10.2 Å². The Bertz CT molecular complexity index is 908. The van der Waals surface area contributed by atoms with Crippen molar-refractivity contribution in [1.29, 1.82) is 0 Å². The summed E-state index contributed by atoms with van der Waals surface area (Å²) in [6.45, 7) is 1.89. The first-order valence-electron chi connectivity index (χ1n) is 7.09. The fourth-order valence-corrected chi connectivity index (χ4v) is 3.51. The Labute approximate surface area is 135 Å². The molecule has 0 saturated heterocycles. The van der Waals surface area contributed by atoms with Crippen molar-refractivity contribution in [2.45, 2.75) is 17.7 Å². The zero-order valence-electron chi connectivity index (χ0n) is 12.5. The van der Waals surface area contributed by atoms with E-state index in [4.69, 9.17) is 0 Å². The molecule has 5 nitrogen and oxygen atoms in total. The summed E-state index contributed by atoms with van der Waals surface area (Å²) in [5.74, 6) is -0.0860. The second kappa shape index (κ2) is 6.26. The lowest BCUT2D eigenvalue weighted by molar-refractivity contribution is 0.589. The second-order valence-corrected chi connectivity index (χ2v) is 7.09. The Morgan fingerprint density at radius 1 is 0.870 bits per heavy atom. The minimum Gasteiger partial charge on any atom is -0.255 e. The topological polar surface area (TPSA) is 72.8 Å². The summed E-state index contributed by atoms with van der Waals surface area (Å²) < 4.78 is 25.0. The number of hydrogen-bond acceptors (Lipinski definition) is 5. The molecule has 0 radical (unpaired) electrons. The average Bonchev–Trinajstić information content (AvgIpc) is 2.58. The zero-order valence-corrected chi connectivity index (χ0v) is 13.4. The van der Waals surface area contributed by atoms with Crippen LogP contribution >= 0.6 is 0 Å². The summed E-state index contributed by atoms with van der Waals surface area (Å²) in [5, 5.41) is 7.83. The van der Waals surface area contributed by atoms with Crippen LogP contribution < -0.4 is 0 Å². The van der Waals surface area contributed by atoms with Gasteiger partial charge in [0.05, 0.1) is 11.4 Å². The third-order valence-electron chi connectivity index (χ3n) is 3.49. The smallest absolute Gasteiger partial charge is 0.201 e. The van der Waals surface area contributed by atoms with Crippen LogP contribution in [0.2, 0.25) is 0 Å². The van der Waals surface area contributed by atoms with Gasteiger partial charge in [-0.25, -0.2) is 8.42 Å². The van der Waals surface area contributed by atoms with Crippen LogP contribution in [-0.4, -0.2) is 23.6 Å². The van der Waals surface area contributed by atoms with Gasteiger partial charge in [-0.2, -0.15) is 0 Å². The molecule has 0 aliphatic carbocycles. The Kier molecular flexibility index (Phi) is 4.16. The van der Waals surface area contributed by atoms with E-state index in [2.05, 4.69) is 15.2 Å². The molecule has 0 aliphatic heterocycles. The van der Waals surface area contributed by atoms with E-state index >= 15 is 0 Å². The maximum Gasteiger partial charge on any atom is 0.201 e. The van der Waals surface area contributed by atoms with Crippen molar-refractivity contribution in [3.8, 4) is 11.4 Å². The summed E-state index contributed by atoms with van der Waals surface area (Å²) >= 11 is 0. The molecule has 6 heteroatoms. The molecule has 0 bridgehead atoms. The van der Waals surface area contributed by atoms with Gasteiger partial charge in [-0.1, -0.05) is 30.3 Å². The standard InChI is InChI=1S/C17H15N3O2S/c1-13-6-2-3-7-14(13)12-23(21,22)17-10-9-16(19-20-17)15-8-4-5-11-18-15/h2-11H,12H2,1H3. The van der Waals surface area contributed by atoms with E-state index in [1.165, 1.54) is 6.07 Å².